The Morgan fingerprint density at radius 1 is 1.28 bits per heavy atom. The average molecular weight is 246 g/mol. The first-order valence-corrected chi connectivity index (χ1v) is 5.05. The van der Waals surface area contributed by atoms with Crippen molar-refractivity contribution in [3.63, 3.8) is 0 Å². The van der Waals surface area contributed by atoms with E-state index in [1.54, 1.807) is 6.07 Å². The SMILES string of the molecule is COc1nccnc1-c1ccc(O)c(C(=O)O)c1. The Kier molecular flexibility index (Phi) is 3.09. The number of aromatic carboxylic acids is 1. The minimum absolute atomic E-state index is 0.194. The molecule has 92 valence electrons. The van der Waals surface area contributed by atoms with E-state index in [1.807, 2.05) is 0 Å². The largest absolute Gasteiger partial charge is 0.507 e. The van der Waals surface area contributed by atoms with Gasteiger partial charge in [0.05, 0.1) is 7.11 Å². The molecule has 1 heterocycles. The molecule has 6 heteroatoms. The molecule has 0 saturated carbocycles. The van der Waals surface area contributed by atoms with E-state index in [0.717, 1.165) is 0 Å². The number of aromatic nitrogens is 2. The summed E-state index contributed by atoms with van der Waals surface area (Å²) in [7, 11) is 1.45. The smallest absolute Gasteiger partial charge is 0.339 e. The molecule has 0 aliphatic rings. The Bertz CT molecular complexity index is 598. The van der Waals surface area contributed by atoms with Crippen molar-refractivity contribution in [2.75, 3.05) is 7.11 Å². The van der Waals surface area contributed by atoms with Gasteiger partial charge in [-0.05, 0) is 18.2 Å². The lowest BCUT2D eigenvalue weighted by Gasteiger charge is -2.07. The molecule has 0 bridgehead atoms. The summed E-state index contributed by atoms with van der Waals surface area (Å²) < 4.78 is 5.05. The highest BCUT2D eigenvalue weighted by atomic mass is 16.5. The number of methoxy groups -OCH3 is 1. The molecule has 0 aliphatic carbocycles. The third kappa shape index (κ3) is 2.08. The molecule has 0 aliphatic heterocycles. The van der Waals surface area contributed by atoms with Crippen molar-refractivity contribution in [2.24, 2.45) is 0 Å². The van der Waals surface area contributed by atoms with Crippen molar-refractivity contribution in [3.8, 4) is 22.9 Å². The molecule has 2 aromatic rings. The topological polar surface area (TPSA) is 92.5 Å². The predicted octanol–water partition coefficient (Wildman–Crippen LogP) is 1.56. The quantitative estimate of drug-likeness (QED) is 0.853. The van der Waals surface area contributed by atoms with E-state index >= 15 is 0 Å². The maximum atomic E-state index is 10.9. The Hall–Kier alpha value is -2.63. The maximum Gasteiger partial charge on any atom is 0.339 e. The first-order valence-electron chi connectivity index (χ1n) is 5.05. The van der Waals surface area contributed by atoms with Gasteiger partial charge in [0.15, 0.2) is 0 Å². The molecule has 0 amide bonds. The summed E-state index contributed by atoms with van der Waals surface area (Å²) in [6.45, 7) is 0. The molecule has 0 fully saturated rings. The summed E-state index contributed by atoms with van der Waals surface area (Å²) in [6, 6.07) is 4.17. The van der Waals surface area contributed by atoms with Crippen molar-refractivity contribution in [1.29, 1.82) is 0 Å². The summed E-state index contributed by atoms with van der Waals surface area (Å²) in [5.41, 5.74) is 0.734. The van der Waals surface area contributed by atoms with E-state index in [-0.39, 0.29) is 11.3 Å². The first kappa shape index (κ1) is 11.8. The fraction of sp³-hybridized carbons (Fsp3) is 0.0833. The molecular formula is C12H10N2O4. The van der Waals surface area contributed by atoms with Gasteiger partial charge in [0.2, 0.25) is 5.88 Å². The van der Waals surface area contributed by atoms with E-state index < -0.39 is 5.97 Å². The Balaban J connectivity index is 2.58. The number of nitrogens with zero attached hydrogens (tertiary/aromatic N) is 2. The zero-order valence-corrected chi connectivity index (χ0v) is 9.49. The second-order valence-corrected chi connectivity index (χ2v) is 3.45. The maximum absolute atomic E-state index is 10.9. The minimum atomic E-state index is -1.21. The van der Waals surface area contributed by atoms with E-state index in [4.69, 9.17) is 9.84 Å². The highest BCUT2D eigenvalue weighted by Crippen LogP contribution is 2.29. The van der Waals surface area contributed by atoms with Gasteiger partial charge < -0.3 is 14.9 Å². The van der Waals surface area contributed by atoms with Crippen LogP contribution >= 0.6 is 0 Å². The van der Waals surface area contributed by atoms with Crippen LogP contribution in [0, 0.1) is 0 Å². The van der Waals surface area contributed by atoms with Crippen LogP contribution in [0.1, 0.15) is 10.4 Å². The van der Waals surface area contributed by atoms with Crippen molar-refractivity contribution in [2.45, 2.75) is 0 Å². The average Bonchev–Trinajstić information content (AvgIpc) is 2.39. The van der Waals surface area contributed by atoms with E-state index in [0.29, 0.717) is 17.1 Å². The highest BCUT2D eigenvalue weighted by molar-refractivity contribution is 5.92. The number of carboxylic acid groups (broad SMARTS) is 1. The summed E-state index contributed by atoms with van der Waals surface area (Å²) in [5.74, 6) is -1.22. The fourth-order valence-corrected chi connectivity index (χ4v) is 1.53. The van der Waals surface area contributed by atoms with E-state index in [1.165, 1.54) is 31.6 Å². The lowest BCUT2D eigenvalue weighted by molar-refractivity contribution is 0.0694. The molecule has 0 radical (unpaired) electrons. The Morgan fingerprint density at radius 3 is 2.67 bits per heavy atom. The van der Waals surface area contributed by atoms with Crippen LogP contribution in [-0.4, -0.2) is 33.3 Å². The van der Waals surface area contributed by atoms with Gasteiger partial charge in [-0.3, -0.25) is 0 Å². The molecule has 6 nitrogen and oxygen atoms in total. The second-order valence-electron chi connectivity index (χ2n) is 3.45. The summed E-state index contributed by atoms with van der Waals surface area (Å²) in [4.78, 5) is 19.0. The highest BCUT2D eigenvalue weighted by Gasteiger charge is 2.14. The fourth-order valence-electron chi connectivity index (χ4n) is 1.53. The number of hydrogen-bond acceptors (Lipinski definition) is 5. The zero-order chi connectivity index (χ0) is 13.1. The summed E-state index contributed by atoms with van der Waals surface area (Å²) >= 11 is 0. The van der Waals surface area contributed by atoms with Crippen LogP contribution in [0.5, 0.6) is 11.6 Å². The van der Waals surface area contributed by atoms with Crippen LogP contribution in [0.25, 0.3) is 11.3 Å². The van der Waals surface area contributed by atoms with Crippen molar-refractivity contribution in [1.82, 2.24) is 9.97 Å². The third-order valence-electron chi connectivity index (χ3n) is 2.36. The van der Waals surface area contributed by atoms with Crippen LogP contribution in [-0.2, 0) is 0 Å². The second kappa shape index (κ2) is 4.70. The first-order chi connectivity index (χ1) is 8.63. The molecule has 1 aromatic carbocycles. The standard InChI is InChI=1S/C12H10N2O4/c1-18-11-10(13-4-5-14-11)7-2-3-9(15)8(6-7)12(16)17/h2-6,15H,1H3,(H,16,17). The number of ether oxygens (including phenoxy) is 1. The molecule has 0 unspecified atom stereocenters. The number of rotatable bonds is 3. The normalized spacial score (nSPS) is 10.1. The van der Waals surface area contributed by atoms with E-state index in [2.05, 4.69) is 9.97 Å². The molecule has 0 spiro atoms. The Labute approximate surface area is 103 Å². The number of phenols is 1. The molecule has 0 atom stereocenters. The zero-order valence-electron chi connectivity index (χ0n) is 9.49. The van der Waals surface area contributed by atoms with Gasteiger partial charge in [-0.2, -0.15) is 0 Å². The minimum Gasteiger partial charge on any atom is -0.507 e. The number of hydrogen-bond donors (Lipinski definition) is 2. The van der Waals surface area contributed by atoms with E-state index in [9.17, 15) is 9.90 Å². The lowest BCUT2D eigenvalue weighted by Crippen LogP contribution is -1.99. The molecule has 18 heavy (non-hydrogen) atoms. The predicted molar refractivity (Wildman–Crippen MR) is 62.6 cm³/mol. The van der Waals surface area contributed by atoms with Gasteiger partial charge in [0.1, 0.15) is 17.0 Å². The number of aromatic hydroxyl groups is 1. The third-order valence-corrected chi connectivity index (χ3v) is 2.36. The molecule has 2 rings (SSSR count). The molecule has 1 aromatic heterocycles. The van der Waals surface area contributed by atoms with Gasteiger partial charge in [0.25, 0.3) is 0 Å². The van der Waals surface area contributed by atoms with Gasteiger partial charge >= 0.3 is 5.97 Å². The van der Waals surface area contributed by atoms with Crippen LogP contribution in [0.3, 0.4) is 0 Å². The van der Waals surface area contributed by atoms with Crippen LogP contribution in [0.4, 0.5) is 0 Å². The number of benzene rings is 1. The Morgan fingerprint density at radius 2 is 2.00 bits per heavy atom. The van der Waals surface area contributed by atoms with Gasteiger partial charge in [-0.1, -0.05) is 0 Å². The monoisotopic (exact) mass is 246 g/mol. The number of carboxylic acids is 1. The summed E-state index contributed by atoms with van der Waals surface area (Å²) in [6.07, 6.45) is 2.95. The van der Waals surface area contributed by atoms with Crippen molar-refractivity contribution >= 4 is 5.97 Å². The van der Waals surface area contributed by atoms with Crippen LogP contribution in [0.2, 0.25) is 0 Å². The van der Waals surface area contributed by atoms with Gasteiger partial charge in [-0.15, -0.1) is 0 Å². The molecule has 2 N–H and O–H groups in total. The summed E-state index contributed by atoms with van der Waals surface area (Å²) in [5, 5.41) is 18.4. The molecular weight excluding hydrogens is 236 g/mol. The number of carbonyl (C=O) groups is 1. The van der Waals surface area contributed by atoms with Crippen molar-refractivity contribution in [3.05, 3.63) is 36.2 Å². The van der Waals surface area contributed by atoms with Gasteiger partial charge in [0, 0.05) is 18.0 Å². The van der Waals surface area contributed by atoms with Crippen LogP contribution in [0.15, 0.2) is 30.6 Å². The van der Waals surface area contributed by atoms with Crippen LogP contribution < -0.4 is 4.74 Å². The molecule has 0 saturated heterocycles. The van der Waals surface area contributed by atoms with Gasteiger partial charge in [-0.25, -0.2) is 14.8 Å². The lowest BCUT2D eigenvalue weighted by atomic mass is 10.1. The van der Waals surface area contributed by atoms with Crippen molar-refractivity contribution < 1.29 is 19.7 Å².